The van der Waals surface area contributed by atoms with Crippen molar-refractivity contribution in [3.8, 4) is 0 Å². The van der Waals surface area contributed by atoms with E-state index >= 15 is 0 Å². The van der Waals surface area contributed by atoms with Crippen molar-refractivity contribution in [2.24, 2.45) is 5.92 Å². The summed E-state index contributed by atoms with van der Waals surface area (Å²) in [5, 5.41) is 9.32. The molecule has 4 rings (SSSR count). The molecule has 2 bridgehead atoms. The molecule has 2 aliphatic rings. The van der Waals surface area contributed by atoms with Gasteiger partial charge in [-0.2, -0.15) is 0 Å². The van der Waals surface area contributed by atoms with Crippen LogP contribution in [0.15, 0.2) is 65.6 Å². The molecule has 0 amide bonds. The Balaban J connectivity index is 1.63. The van der Waals surface area contributed by atoms with E-state index in [-0.39, 0.29) is 6.10 Å². The molecular formula is C21H24O4S. The van der Waals surface area contributed by atoms with E-state index in [0.717, 1.165) is 30.6 Å². The Bertz CT molecular complexity index is 725. The highest BCUT2D eigenvalue weighted by atomic mass is 32.2. The van der Waals surface area contributed by atoms with Gasteiger partial charge in [0.2, 0.25) is 0 Å². The maximum absolute atomic E-state index is 9.32. The molecule has 26 heavy (non-hydrogen) atoms. The first kappa shape index (κ1) is 18.0. The third kappa shape index (κ3) is 3.19. The van der Waals surface area contributed by atoms with Gasteiger partial charge in [-0.3, -0.25) is 5.26 Å². The van der Waals surface area contributed by atoms with Gasteiger partial charge in [-0.1, -0.05) is 48.5 Å². The molecule has 138 valence electrons. The molecule has 1 N–H and O–H groups in total. The zero-order chi connectivity index (χ0) is 18.0. The van der Waals surface area contributed by atoms with Gasteiger partial charge in [0, 0.05) is 10.6 Å². The fourth-order valence-electron chi connectivity index (χ4n) is 4.06. The lowest BCUT2D eigenvalue weighted by molar-refractivity contribution is -0.475. The molecule has 1 heterocycles. The highest BCUT2D eigenvalue weighted by Gasteiger charge is 2.56. The smallest absolute Gasteiger partial charge is 0.141 e. The summed E-state index contributed by atoms with van der Waals surface area (Å²) in [6.07, 6.45) is 2.21. The monoisotopic (exact) mass is 372 g/mol. The molecule has 0 spiro atoms. The second-order valence-corrected chi connectivity index (χ2v) is 8.45. The van der Waals surface area contributed by atoms with Crippen LogP contribution in [0.3, 0.4) is 0 Å². The first-order chi connectivity index (χ1) is 12.7. The minimum atomic E-state index is -0.702. The van der Waals surface area contributed by atoms with Crippen LogP contribution in [0.5, 0.6) is 0 Å². The topological polar surface area (TPSA) is 47.9 Å². The van der Waals surface area contributed by atoms with Gasteiger partial charge in [-0.15, -0.1) is 11.8 Å². The van der Waals surface area contributed by atoms with Gasteiger partial charge in [-0.05, 0) is 49.8 Å². The SMILES string of the molecule is C[C@@]1(OO)CC[C@@H]2C[C@H]1OOC2(CSc1ccccc1)c1ccccc1. The molecule has 0 radical (unpaired) electrons. The number of hydrogen-bond donors (Lipinski definition) is 1. The van der Waals surface area contributed by atoms with Gasteiger partial charge < -0.3 is 0 Å². The summed E-state index contributed by atoms with van der Waals surface area (Å²) in [5.74, 6) is 1.08. The summed E-state index contributed by atoms with van der Waals surface area (Å²) in [6.45, 7) is 1.88. The van der Waals surface area contributed by atoms with Gasteiger partial charge in [-0.25, -0.2) is 14.7 Å². The summed E-state index contributed by atoms with van der Waals surface area (Å²) in [6, 6.07) is 20.7. The molecule has 1 unspecified atom stereocenters. The van der Waals surface area contributed by atoms with E-state index in [1.807, 2.05) is 31.2 Å². The summed E-state index contributed by atoms with van der Waals surface area (Å²) in [7, 11) is 0. The van der Waals surface area contributed by atoms with Crippen LogP contribution in [0.25, 0.3) is 0 Å². The van der Waals surface area contributed by atoms with E-state index in [4.69, 9.17) is 14.7 Å². The Morgan fingerprint density at radius 2 is 1.81 bits per heavy atom. The number of rotatable bonds is 5. The average Bonchev–Trinajstić information content (AvgIpc) is 2.72. The molecular weight excluding hydrogens is 348 g/mol. The summed E-state index contributed by atoms with van der Waals surface area (Å²) in [5.41, 5.74) is -0.0681. The second-order valence-electron chi connectivity index (χ2n) is 7.40. The Morgan fingerprint density at radius 3 is 2.50 bits per heavy atom. The van der Waals surface area contributed by atoms with Crippen LogP contribution in [0.4, 0.5) is 0 Å². The van der Waals surface area contributed by atoms with E-state index in [2.05, 4.69) is 36.4 Å². The largest absolute Gasteiger partial charge is 0.251 e. The zero-order valence-electron chi connectivity index (χ0n) is 14.8. The molecule has 4 atom stereocenters. The van der Waals surface area contributed by atoms with Crippen molar-refractivity contribution in [3.05, 3.63) is 66.2 Å². The van der Waals surface area contributed by atoms with Crippen LogP contribution < -0.4 is 0 Å². The minimum Gasteiger partial charge on any atom is -0.251 e. The molecule has 2 aromatic carbocycles. The van der Waals surface area contributed by atoms with Crippen LogP contribution in [0.1, 0.15) is 31.7 Å². The van der Waals surface area contributed by atoms with Crippen molar-refractivity contribution in [2.45, 2.75) is 48.4 Å². The van der Waals surface area contributed by atoms with E-state index in [0.29, 0.717) is 5.92 Å². The number of thioether (sulfide) groups is 1. The van der Waals surface area contributed by atoms with Crippen LogP contribution in [-0.4, -0.2) is 22.7 Å². The number of hydrogen-bond acceptors (Lipinski definition) is 5. The molecule has 1 saturated carbocycles. The normalized spacial score (nSPS) is 33.8. The van der Waals surface area contributed by atoms with Gasteiger partial charge in [0.1, 0.15) is 17.3 Å². The molecule has 2 fully saturated rings. The number of benzene rings is 2. The molecule has 5 heteroatoms. The Morgan fingerprint density at radius 1 is 1.12 bits per heavy atom. The van der Waals surface area contributed by atoms with E-state index in [9.17, 15) is 5.26 Å². The van der Waals surface area contributed by atoms with Crippen molar-refractivity contribution in [3.63, 3.8) is 0 Å². The zero-order valence-corrected chi connectivity index (χ0v) is 15.7. The van der Waals surface area contributed by atoms with Crippen molar-refractivity contribution < 1.29 is 19.9 Å². The molecule has 4 nitrogen and oxygen atoms in total. The lowest BCUT2D eigenvalue weighted by Gasteiger charge is -2.52. The molecule has 0 aromatic heterocycles. The fourth-order valence-corrected chi connectivity index (χ4v) is 5.25. The lowest BCUT2D eigenvalue weighted by Crippen LogP contribution is -2.58. The third-order valence-electron chi connectivity index (χ3n) is 5.81. The predicted octanol–water partition coefficient (Wildman–Crippen LogP) is 5.05. The van der Waals surface area contributed by atoms with Crippen molar-refractivity contribution >= 4 is 11.8 Å². The van der Waals surface area contributed by atoms with E-state index in [1.165, 1.54) is 4.90 Å². The third-order valence-corrected chi connectivity index (χ3v) is 6.99. The number of fused-ring (bicyclic) bond motifs is 2. The van der Waals surface area contributed by atoms with E-state index < -0.39 is 11.2 Å². The Labute approximate surface area is 158 Å². The van der Waals surface area contributed by atoms with Crippen molar-refractivity contribution in [2.75, 3.05) is 5.75 Å². The summed E-state index contributed by atoms with van der Waals surface area (Å²) < 4.78 is 0. The van der Waals surface area contributed by atoms with Crippen LogP contribution in [0, 0.1) is 5.92 Å². The average molecular weight is 372 g/mol. The van der Waals surface area contributed by atoms with Gasteiger partial charge in [0.05, 0.1) is 0 Å². The maximum Gasteiger partial charge on any atom is 0.141 e. The molecule has 2 aromatic rings. The van der Waals surface area contributed by atoms with Crippen LogP contribution in [-0.2, 0) is 20.3 Å². The highest BCUT2D eigenvalue weighted by molar-refractivity contribution is 7.99. The van der Waals surface area contributed by atoms with Crippen LogP contribution >= 0.6 is 11.8 Å². The minimum absolute atomic E-state index is 0.259. The van der Waals surface area contributed by atoms with Gasteiger partial charge in [0.15, 0.2) is 0 Å². The van der Waals surface area contributed by atoms with Gasteiger partial charge >= 0.3 is 0 Å². The van der Waals surface area contributed by atoms with Crippen molar-refractivity contribution in [1.29, 1.82) is 0 Å². The first-order valence-electron chi connectivity index (χ1n) is 9.07. The lowest BCUT2D eigenvalue weighted by atomic mass is 9.68. The van der Waals surface area contributed by atoms with Gasteiger partial charge in [0.25, 0.3) is 0 Å². The Hall–Kier alpha value is -1.37. The first-order valence-corrected chi connectivity index (χ1v) is 10.1. The highest BCUT2D eigenvalue weighted by Crippen LogP contribution is 2.52. The maximum atomic E-state index is 9.32. The Kier molecular flexibility index (Phi) is 5.08. The quantitative estimate of drug-likeness (QED) is 0.452. The van der Waals surface area contributed by atoms with Crippen LogP contribution in [0.2, 0.25) is 0 Å². The summed E-state index contributed by atoms with van der Waals surface area (Å²) in [4.78, 5) is 17.9. The second kappa shape index (κ2) is 7.33. The molecule has 1 saturated heterocycles. The molecule has 1 aliphatic carbocycles. The predicted molar refractivity (Wildman–Crippen MR) is 101 cm³/mol. The fraction of sp³-hybridized carbons (Fsp3) is 0.429. The van der Waals surface area contributed by atoms with Crippen molar-refractivity contribution in [1.82, 2.24) is 0 Å². The summed E-state index contributed by atoms with van der Waals surface area (Å²) >= 11 is 1.79. The molecule has 1 aliphatic heterocycles. The van der Waals surface area contributed by atoms with E-state index in [1.54, 1.807) is 11.8 Å². The standard InChI is InChI=1S/C21H24O4S/c1-20(24-22)13-12-17-14-19(20)23-25-21(17,16-8-4-2-5-9-16)15-26-18-10-6-3-7-11-18/h2-11,17,19,22H,12-15H2,1H3/t17-,19-,20-,21?/m1/s1.